The lowest BCUT2D eigenvalue weighted by Crippen LogP contribution is -2.04. The molecule has 0 spiro atoms. The molecule has 0 bridgehead atoms. The Kier molecular flexibility index (Phi) is 5.10. The average Bonchev–Trinajstić information content (AvgIpc) is 2.44. The molecule has 2 nitrogen and oxygen atoms in total. The van der Waals surface area contributed by atoms with Gasteiger partial charge in [-0.1, -0.05) is 17.7 Å². The van der Waals surface area contributed by atoms with Gasteiger partial charge in [0.2, 0.25) is 0 Å². The van der Waals surface area contributed by atoms with Crippen molar-refractivity contribution in [2.45, 2.75) is 11.8 Å². The topological polar surface area (TPSA) is 26.3 Å². The Labute approximate surface area is 128 Å². The van der Waals surface area contributed by atoms with Gasteiger partial charge in [0.15, 0.2) is 5.78 Å². The second-order valence-electron chi connectivity index (χ2n) is 4.35. The van der Waals surface area contributed by atoms with E-state index in [1.165, 1.54) is 11.8 Å². The van der Waals surface area contributed by atoms with Gasteiger partial charge in [-0.05, 0) is 48.9 Å². The first-order chi connectivity index (χ1) is 9.60. The van der Waals surface area contributed by atoms with Gasteiger partial charge in [-0.2, -0.15) is 0 Å². The van der Waals surface area contributed by atoms with E-state index in [1.807, 2.05) is 49.4 Å². The number of rotatable bonds is 5. The molecule has 2 rings (SSSR count). The molecule has 0 radical (unpaired) electrons. The van der Waals surface area contributed by atoms with Crippen LogP contribution in [0, 0.1) is 6.92 Å². The molecule has 0 saturated heterocycles. The summed E-state index contributed by atoms with van der Waals surface area (Å²) in [6.07, 6.45) is 0. The summed E-state index contributed by atoms with van der Waals surface area (Å²) >= 11 is 7.41. The van der Waals surface area contributed by atoms with E-state index in [-0.39, 0.29) is 5.78 Å². The maximum Gasteiger partial charge on any atom is 0.173 e. The summed E-state index contributed by atoms with van der Waals surface area (Å²) in [7, 11) is 1.62. The average molecular weight is 307 g/mol. The Morgan fingerprint density at radius 3 is 2.70 bits per heavy atom. The predicted molar refractivity (Wildman–Crippen MR) is 84.2 cm³/mol. The van der Waals surface area contributed by atoms with E-state index in [0.29, 0.717) is 10.8 Å². The Morgan fingerprint density at radius 1 is 1.25 bits per heavy atom. The van der Waals surface area contributed by atoms with Crippen LogP contribution in [0.1, 0.15) is 15.9 Å². The molecular weight excluding hydrogens is 292 g/mol. The van der Waals surface area contributed by atoms with Gasteiger partial charge in [0.25, 0.3) is 0 Å². The lowest BCUT2D eigenvalue weighted by atomic mass is 10.1. The first-order valence-corrected chi connectivity index (χ1v) is 7.52. The van der Waals surface area contributed by atoms with Crippen molar-refractivity contribution < 1.29 is 9.53 Å². The van der Waals surface area contributed by atoms with Crippen LogP contribution in [0.2, 0.25) is 5.02 Å². The molecule has 0 heterocycles. The fourth-order valence-electron chi connectivity index (χ4n) is 1.86. The number of hydrogen-bond acceptors (Lipinski definition) is 3. The lowest BCUT2D eigenvalue weighted by molar-refractivity contribution is 0.102. The van der Waals surface area contributed by atoms with Crippen LogP contribution in [0.3, 0.4) is 0 Å². The highest BCUT2D eigenvalue weighted by atomic mass is 35.5. The van der Waals surface area contributed by atoms with Crippen molar-refractivity contribution in [3.63, 3.8) is 0 Å². The Balaban J connectivity index is 2.05. The Morgan fingerprint density at radius 2 is 2.05 bits per heavy atom. The zero-order valence-corrected chi connectivity index (χ0v) is 12.9. The van der Waals surface area contributed by atoms with E-state index in [0.717, 1.165) is 21.8 Å². The van der Waals surface area contributed by atoms with Crippen LogP contribution in [-0.2, 0) is 0 Å². The molecule has 0 aliphatic rings. The van der Waals surface area contributed by atoms with Crippen molar-refractivity contribution >= 4 is 29.1 Å². The molecule has 0 aromatic heterocycles. The molecule has 0 fully saturated rings. The van der Waals surface area contributed by atoms with Crippen molar-refractivity contribution in [1.82, 2.24) is 0 Å². The van der Waals surface area contributed by atoms with E-state index >= 15 is 0 Å². The normalized spacial score (nSPS) is 10.3. The van der Waals surface area contributed by atoms with Crippen molar-refractivity contribution in [2.75, 3.05) is 12.9 Å². The maximum atomic E-state index is 12.2. The minimum Gasteiger partial charge on any atom is -0.497 e. The number of halogens is 1. The smallest absolute Gasteiger partial charge is 0.173 e. The van der Waals surface area contributed by atoms with Crippen LogP contribution < -0.4 is 4.74 Å². The van der Waals surface area contributed by atoms with Crippen LogP contribution in [0.15, 0.2) is 47.4 Å². The summed E-state index contributed by atoms with van der Waals surface area (Å²) in [5.41, 5.74) is 1.67. The van der Waals surface area contributed by atoms with Crippen molar-refractivity contribution in [3.8, 4) is 5.75 Å². The van der Waals surface area contributed by atoms with Gasteiger partial charge in [0.1, 0.15) is 5.75 Å². The third-order valence-corrected chi connectivity index (χ3v) is 4.13. The number of methoxy groups -OCH3 is 1. The Bertz CT molecular complexity index is 626. The standard InChI is InChI=1S/C16H15ClO2S/c1-11-8-13(19-2)6-7-15(11)16(18)10-20-14-5-3-4-12(17)9-14/h3-9H,10H2,1-2H3. The summed E-state index contributed by atoms with van der Waals surface area (Å²) in [5.74, 6) is 1.27. The molecule has 104 valence electrons. The van der Waals surface area contributed by atoms with E-state index < -0.39 is 0 Å². The molecule has 0 N–H and O–H groups in total. The van der Waals surface area contributed by atoms with Gasteiger partial charge in [0, 0.05) is 15.5 Å². The summed E-state index contributed by atoms with van der Waals surface area (Å²) < 4.78 is 5.14. The molecule has 20 heavy (non-hydrogen) atoms. The van der Waals surface area contributed by atoms with Gasteiger partial charge >= 0.3 is 0 Å². The molecule has 0 amide bonds. The molecule has 2 aromatic rings. The number of carbonyl (C=O) groups excluding carboxylic acids is 1. The van der Waals surface area contributed by atoms with E-state index in [2.05, 4.69) is 0 Å². The molecule has 4 heteroatoms. The lowest BCUT2D eigenvalue weighted by Gasteiger charge is -2.07. The second kappa shape index (κ2) is 6.82. The molecule has 0 saturated carbocycles. The number of aryl methyl sites for hydroxylation is 1. The molecular formula is C16H15ClO2S. The van der Waals surface area contributed by atoms with Crippen LogP contribution >= 0.6 is 23.4 Å². The first-order valence-electron chi connectivity index (χ1n) is 6.16. The maximum absolute atomic E-state index is 12.2. The minimum atomic E-state index is 0.107. The van der Waals surface area contributed by atoms with Crippen LogP contribution in [0.4, 0.5) is 0 Å². The van der Waals surface area contributed by atoms with Crippen LogP contribution in [0.5, 0.6) is 5.75 Å². The summed E-state index contributed by atoms with van der Waals surface area (Å²) in [6.45, 7) is 1.92. The molecule has 0 aliphatic carbocycles. The third kappa shape index (κ3) is 3.78. The number of thioether (sulfide) groups is 1. The van der Waals surface area contributed by atoms with E-state index in [9.17, 15) is 4.79 Å². The van der Waals surface area contributed by atoms with Crippen molar-refractivity contribution in [2.24, 2.45) is 0 Å². The van der Waals surface area contributed by atoms with Crippen LogP contribution in [-0.4, -0.2) is 18.6 Å². The first kappa shape index (κ1) is 14.9. The fraction of sp³-hybridized carbons (Fsp3) is 0.188. The SMILES string of the molecule is COc1ccc(C(=O)CSc2cccc(Cl)c2)c(C)c1. The largest absolute Gasteiger partial charge is 0.497 e. The minimum absolute atomic E-state index is 0.107. The predicted octanol–water partition coefficient (Wildman–Crippen LogP) is 4.63. The number of carbonyl (C=O) groups is 1. The molecule has 0 atom stereocenters. The highest BCUT2D eigenvalue weighted by molar-refractivity contribution is 8.00. The highest BCUT2D eigenvalue weighted by Gasteiger charge is 2.10. The summed E-state index contributed by atoms with van der Waals surface area (Å²) in [4.78, 5) is 13.2. The van der Waals surface area contributed by atoms with Crippen LogP contribution in [0.25, 0.3) is 0 Å². The number of ketones is 1. The number of benzene rings is 2. The van der Waals surface area contributed by atoms with Gasteiger partial charge in [-0.25, -0.2) is 0 Å². The third-order valence-electron chi connectivity index (χ3n) is 2.90. The van der Waals surface area contributed by atoms with E-state index in [1.54, 1.807) is 7.11 Å². The van der Waals surface area contributed by atoms with Gasteiger partial charge < -0.3 is 4.74 Å². The molecule has 2 aromatic carbocycles. The van der Waals surface area contributed by atoms with E-state index in [4.69, 9.17) is 16.3 Å². The van der Waals surface area contributed by atoms with Gasteiger partial charge in [-0.3, -0.25) is 4.79 Å². The Hall–Kier alpha value is -1.45. The number of ether oxygens (including phenoxy) is 1. The second-order valence-corrected chi connectivity index (χ2v) is 5.84. The summed E-state index contributed by atoms with van der Waals surface area (Å²) in [5, 5.41) is 0.683. The zero-order chi connectivity index (χ0) is 14.5. The zero-order valence-electron chi connectivity index (χ0n) is 11.4. The number of hydrogen-bond donors (Lipinski definition) is 0. The quantitative estimate of drug-likeness (QED) is 0.595. The monoisotopic (exact) mass is 306 g/mol. The highest BCUT2D eigenvalue weighted by Crippen LogP contribution is 2.24. The fourth-order valence-corrected chi connectivity index (χ4v) is 2.95. The summed E-state index contributed by atoms with van der Waals surface area (Å²) in [6, 6.07) is 13.0. The molecule has 0 aliphatic heterocycles. The van der Waals surface area contributed by atoms with Crippen molar-refractivity contribution in [1.29, 1.82) is 0 Å². The van der Waals surface area contributed by atoms with Gasteiger partial charge in [0.05, 0.1) is 12.9 Å². The molecule has 0 unspecified atom stereocenters. The number of Topliss-reactive ketones (excluding diaryl/α,β-unsaturated/α-hetero) is 1. The van der Waals surface area contributed by atoms with Gasteiger partial charge in [-0.15, -0.1) is 11.8 Å². The van der Waals surface area contributed by atoms with Crippen molar-refractivity contribution in [3.05, 3.63) is 58.6 Å².